The van der Waals surface area contributed by atoms with E-state index >= 15 is 0 Å². The first-order valence-electron chi connectivity index (χ1n) is 8.72. The van der Waals surface area contributed by atoms with E-state index in [4.69, 9.17) is 0 Å². The van der Waals surface area contributed by atoms with Crippen LogP contribution >= 0.6 is 0 Å². The van der Waals surface area contributed by atoms with Crippen LogP contribution in [0.25, 0.3) is 0 Å². The molecule has 0 bridgehead atoms. The highest BCUT2D eigenvalue weighted by Crippen LogP contribution is 2.45. The molecule has 0 radical (unpaired) electrons. The molecule has 1 aliphatic carbocycles. The summed E-state index contributed by atoms with van der Waals surface area (Å²) in [5, 5.41) is 3.85. The van der Waals surface area contributed by atoms with Gasteiger partial charge in [0.25, 0.3) is 0 Å². The second-order valence-corrected chi connectivity index (χ2v) is 9.09. The average molecular weight is 280 g/mol. The molecule has 0 aromatic heterocycles. The van der Waals surface area contributed by atoms with Gasteiger partial charge in [-0.3, -0.25) is 0 Å². The SMILES string of the molecule is CC1CCN(CCNC2CC(C)(C)CC(C)(C)C2)CC1. The molecule has 0 aromatic carbocycles. The summed E-state index contributed by atoms with van der Waals surface area (Å²) in [5.74, 6) is 0.944. The van der Waals surface area contributed by atoms with Crippen LogP contribution in [0.5, 0.6) is 0 Å². The highest BCUT2D eigenvalue weighted by molar-refractivity contribution is 4.92. The standard InChI is InChI=1S/C18H36N2/c1-15-6-9-20(10-7-15)11-8-19-16-12-17(2,3)14-18(4,5)13-16/h15-16,19H,6-14H2,1-5H3. The van der Waals surface area contributed by atoms with Crippen molar-refractivity contribution in [2.75, 3.05) is 26.2 Å². The quantitative estimate of drug-likeness (QED) is 0.840. The number of piperidine rings is 1. The minimum atomic E-state index is 0.500. The molecule has 0 unspecified atom stereocenters. The summed E-state index contributed by atoms with van der Waals surface area (Å²) in [7, 11) is 0. The predicted molar refractivity (Wildman–Crippen MR) is 88.0 cm³/mol. The van der Waals surface area contributed by atoms with Crippen molar-refractivity contribution in [3.05, 3.63) is 0 Å². The van der Waals surface area contributed by atoms with Crippen molar-refractivity contribution in [3.8, 4) is 0 Å². The van der Waals surface area contributed by atoms with Crippen LogP contribution in [0.4, 0.5) is 0 Å². The van der Waals surface area contributed by atoms with Crippen molar-refractivity contribution in [1.82, 2.24) is 10.2 Å². The number of hydrogen-bond donors (Lipinski definition) is 1. The molecule has 2 nitrogen and oxygen atoms in total. The highest BCUT2D eigenvalue weighted by atomic mass is 15.1. The molecule has 2 fully saturated rings. The molecular weight excluding hydrogens is 244 g/mol. The first-order valence-corrected chi connectivity index (χ1v) is 8.72. The highest BCUT2D eigenvalue weighted by Gasteiger charge is 2.38. The fourth-order valence-electron chi connectivity index (χ4n) is 4.70. The maximum Gasteiger partial charge on any atom is 0.0107 e. The van der Waals surface area contributed by atoms with Gasteiger partial charge in [0.2, 0.25) is 0 Å². The third-order valence-corrected chi connectivity index (χ3v) is 5.29. The van der Waals surface area contributed by atoms with Crippen molar-refractivity contribution in [1.29, 1.82) is 0 Å². The van der Waals surface area contributed by atoms with Gasteiger partial charge in [-0.2, -0.15) is 0 Å². The molecule has 2 heteroatoms. The van der Waals surface area contributed by atoms with Gasteiger partial charge in [-0.15, -0.1) is 0 Å². The fourth-order valence-corrected chi connectivity index (χ4v) is 4.70. The molecule has 0 aromatic rings. The molecule has 0 spiro atoms. The monoisotopic (exact) mass is 280 g/mol. The number of rotatable bonds is 4. The van der Waals surface area contributed by atoms with E-state index in [0.29, 0.717) is 10.8 Å². The maximum absolute atomic E-state index is 3.85. The second-order valence-electron chi connectivity index (χ2n) is 9.09. The molecule has 2 aliphatic rings. The molecule has 1 heterocycles. The molecule has 1 saturated heterocycles. The van der Waals surface area contributed by atoms with Gasteiger partial charge < -0.3 is 10.2 Å². The zero-order valence-electron chi connectivity index (χ0n) is 14.5. The van der Waals surface area contributed by atoms with Crippen LogP contribution < -0.4 is 5.32 Å². The van der Waals surface area contributed by atoms with Crippen molar-refractivity contribution in [3.63, 3.8) is 0 Å². The van der Waals surface area contributed by atoms with E-state index in [0.717, 1.165) is 12.0 Å². The van der Waals surface area contributed by atoms with Gasteiger partial charge in [0, 0.05) is 19.1 Å². The topological polar surface area (TPSA) is 15.3 Å². The number of nitrogens with one attached hydrogen (secondary N) is 1. The Labute approximate surface area is 126 Å². The second kappa shape index (κ2) is 6.36. The van der Waals surface area contributed by atoms with Gasteiger partial charge in [-0.1, -0.05) is 34.6 Å². The third kappa shape index (κ3) is 5.04. The van der Waals surface area contributed by atoms with Gasteiger partial charge in [0.05, 0.1) is 0 Å². The van der Waals surface area contributed by atoms with Gasteiger partial charge in [-0.25, -0.2) is 0 Å². The Bertz CT molecular complexity index is 285. The summed E-state index contributed by atoms with van der Waals surface area (Å²) in [6.07, 6.45) is 6.83. The normalized spacial score (nSPS) is 28.6. The third-order valence-electron chi connectivity index (χ3n) is 5.29. The Morgan fingerprint density at radius 2 is 1.55 bits per heavy atom. The molecule has 118 valence electrons. The van der Waals surface area contributed by atoms with E-state index in [1.165, 1.54) is 58.3 Å². The maximum atomic E-state index is 3.85. The van der Waals surface area contributed by atoms with Crippen LogP contribution in [-0.4, -0.2) is 37.1 Å². The smallest absolute Gasteiger partial charge is 0.0107 e. The molecule has 0 atom stereocenters. The summed E-state index contributed by atoms with van der Waals surface area (Å²) < 4.78 is 0. The average Bonchev–Trinajstić information content (AvgIpc) is 2.27. The van der Waals surface area contributed by atoms with Gasteiger partial charge in [0.1, 0.15) is 0 Å². The molecular formula is C18H36N2. The Hall–Kier alpha value is -0.0800. The summed E-state index contributed by atoms with van der Waals surface area (Å²) in [4.78, 5) is 2.64. The van der Waals surface area contributed by atoms with Crippen molar-refractivity contribution in [2.24, 2.45) is 16.7 Å². The Morgan fingerprint density at radius 1 is 1.00 bits per heavy atom. The van der Waals surface area contributed by atoms with Gasteiger partial charge in [-0.05, 0) is 61.9 Å². The van der Waals surface area contributed by atoms with E-state index < -0.39 is 0 Å². The van der Waals surface area contributed by atoms with Crippen LogP contribution in [0.15, 0.2) is 0 Å². The van der Waals surface area contributed by atoms with Gasteiger partial charge in [0.15, 0.2) is 0 Å². The van der Waals surface area contributed by atoms with E-state index in [-0.39, 0.29) is 0 Å². The van der Waals surface area contributed by atoms with E-state index in [1.54, 1.807) is 0 Å². The summed E-state index contributed by atoms with van der Waals surface area (Å²) >= 11 is 0. The summed E-state index contributed by atoms with van der Waals surface area (Å²) in [6, 6.07) is 0.720. The van der Waals surface area contributed by atoms with Gasteiger partial charge >= 0.3 is 0 Å². The lowest BCUT2D eigenvalue weighted by atomic mass is 9.63. The Morgan fingerprint density at radius 3 is 2.10 bits per heavy atom. The minimum Gasteiger partial charge on any atom is -0.313 e. The van der Waals surface area contributed by atoms with Crippen LogP contribution in [-0.2, 0) is 0 Å². The predicted octanol–water partition coefficient (Wildman–Crippen LogP) is 3.91. The zero-order valence-corrected chi connectivity index (χ0v) is 14.5. The molecule has 2 rings (SSSR count). The number of nitrogens with zero attached hydrogens (tertiary/aromatic N) is 1. The van der Waals surface area contributed by atoms with Crippen LogP contribution in [0.1, 0.15) is 66.7 Å². The largest absolute Gasteiger partial charge is 0.313 e. The lowest BCUT2D eigenvalue weighted by molar-refractivity contribution is 0.0829. The lowest BCUT2D eigenvalue weighted by Crippen LogP contribution is -2.46. The zero-order chi connectivity index (χ0) is 14.8. The summed E-state index contributed by atoms with van der Waals surface area (Å²) in [5.41, 5.74) is 1.000. The number of likely N-dealkylation sites (tertiary alicyclic amines) is 1. The van der Waals surface area contributed by atoms with Crippen molar-refractivity contribution < 1.29 is 0 Å². The van der Waals surface area contributed by atoms with Crippen LogP contribution in [0, 0.1) is 16.7 Å². The first kappa shape index (κ1) is 16.3. The Kier molecular flexibility index (Phi) is 5.18. The minimum absolute atomic E-state index is 0.500. The number of hydrogen-bond acceptors (Lipinski definition) is 2. The summed E-state index contributed by atoms with van der Waals surface area (Å²) in [6.45, 7) is 17.2. The first-order chi connectivity index (χ1) is 9.26. The molecule has 20 heavy (non-hydrogen) atoms. The van der Waals surface area contributed by atoms with Crippen molar-refractivity contribution in [2.45, 2.75) is 72.8 Å². The van der Waals surface area contributed by atoms with E-state index in [1.807, 2.05) is 0 Å². The molecule has 1 aliphatic heterocycles. The van der Waals surface area contributed by atoms with E-state index in [9.17, 15) is 0 Å². The van der Waals surface area contributed by atoms with E-state index in [2.05, 4.69) is 44.8 Å². The van der Waals surface area contributed by atoms with Crippen LogP contribution in [0.3, 0.4) is 0 Å². The molecule has 1 saturated carbocycles. The lowest BCUT2D eigenvalue weighted by Gasteiger charge is -2.45. The molecule has 1 N–H and O–H groups in total. The van der Waals surface area contributed by atoms with Crippen LogP contribution in [0.2, 0.25) is 0 Å². The molecule has 0 amide bonds. The van der Waals surface area contributed by atoms with Crippen molar-refractivity contribution >= 4 is 0 Å². The Balaban J connectivity index is 1.71. The fraction of sp³-hybridized carbons (Fsp3) is 1.00.